The van der Waals surface area contributed by atoms with E-state index in [2.05, 4.69) is 36.1 Å². The lowest BCUT2D eigenvalue weighted by atomic mass is 10.0. The minimum Gasteiger partial charge on any atom is -0.356 e. The van der Waals surface area contributed by atoms with Crippen LogP contribution in [0.15, 0.2) is 4.99 Å². The molecule has 0 atom stereocenters. The molecule has 2 rings (SSSR count). The highest BCUT2D eigenvalue weighted by Gasteiger charge is 2.17. The van der Waals surface area contributed by atoms with E-state index >= 15 is 0 Å². The Morgan fingerprint density at radius 3 is 2.61 bits per heavy atom. The molecule has 0 unspecified atom stereocenters. The Bertz CT molecular complexity index is 473. The van der Waals surface area contributed by atoms with E-state index in [4.69, 9.17) is 4.98 Å². The van der Waals surface area contributed by atoms with Crippen molar-refractivity contribution in [3.63, 3.8) is 0 Å². The van der Waals surface area contributed by atoms with Crippen molar-refractivity contribution in [3.8, 4) is 0 Å². The van der Waals surface area contributed by atoms with Crippen LogP contribution in [0, 0.1) is 5.92 Å². The smallest absolute Gasteiger partial charge is 0.193 e. The summed E-state index contributed by atoms with van der Waals surface area (Å²) in [6.07, 6.45) is 7.43. The summed E-state index contributed by atoms with van der Waals surface area (Å²) in [6.45, 7) is 6.35. The molecule has 23 heavy (non-hydrogen) atoms. The van der Waals surface area contributed by atoms with Crippen LogP contribution in [-0.2, 0) is 19.4 Å². The van der Waals surface area contributed by atoms with Gasteiger partial charge in [-0.1, -0.05) is 26.7 Å². The standard InChI is InChI=1S/C17H30N4S.HI/c1-5-13(6-2)11-19-17(18-3)21(4)12-16-20-14-9-7-8-10-15(14)22-16;/h13H,5-12H2,1-4H3,(H,18,19);1H. The van der Waals surface area contributed by atoms with Crippen LogP contribution in [0.3, 0.4) is 0 Å². The zero-order valence-corrected chi connectivity index (χ0v) is 18.0. The number of thiazole rings is 1. The van der Waals surface area contributed by atoms with Gasteiger partial charge in [0.2, 0.25) is 0 Å². The molecule has 1 aromatic rings. The number of nitrogens with one attached hydrogen (secondary N) is 1. The largest absolute Gasteiger partial charge is 0.356 e. The second kappa shape index (κ2) is 10.5. The van der Waals surface area contributed by atoms with Gasteiger partial charge in [-0.05, 0) is 31.6 Å². The molecule has 0 spiro atoms. The van der Waals surface area contributed by atoms with Gasteiger partial charge in [0.05, 0.1) is 12.2 Å². The zero-order valence-electron chi connectivity index (χ0n) is 14.9. The molecule has 0 amide bonds. The van der Waals surface area contributed by atoms with Crippen LogP contribution in [0.5, 0.6) is 0 Å². The second-order valence-electron chi connectivity index (χ2n) is 6.15. The lowest BCUT2D eigenvalue weighted by molar-refractivity contribution is 0.440. The third kappa shape index (κ3) is 5.89. The maximum absolute atomic E-state index is 4.83. The molecule has 1 aromatic heterocycles. The summed E-state index contributed by atoms with van der Waals surface area (Å²) in [5.74, 6) is 1.69. The van der Waals surface area contributed by atoms with Crippen molar-refractivity contribution in [3.05, 3.63) is 15.6 Å². The molecule has 132 valence electrons. The zero-order chi connectivity index (χ0) is 15.9. The number of hydrogen-bond donors (Lipinski definition) is 1. The maximum Gasteiger partial charge on any atom is 0.193 e. The average molecular weight is 450 g/mol. The van der Waals surface area contributed by atoms with Gasteiger partial charge >= 0.3 is 0 Å². The molecule has 0 aromatic carbocycles. The molecule has 0 saturated carbocycles. The van der Waals surface area contributed by atoms with Crippen molar-refractivity contribution in [1.82, 2.24) is 15.2 Å². The number of halogens is 1. The summed E-state index contributed by atoms with van der Waals surface area (Å²) in [5.41, 5.74) is 1.35. The first kappa shape index (κ1) is 20.7. The van der Waals surface area contributed by atoms with E-state index in [1.807, 2.05) is 18.4 Å². The molecule has 0 radical (unpaired) electrons. The summed E-state index contributed by atoms with van der Waals surface area (Å²) in [7, 11) is 3.96. The maximum atomic E-state index is 4.83. The fourth-order valence-corrected chi connectivity index (χ4v) is 4.16. The van der Waals surface area contributed by atoms with Crippen molar-refractivity contribution >= 4 is 41.3 Å². The van der Waals surface area contributed by atoms with Gasteiger partial charge in [-0.2, -0.15) is 0 Å². The molecular weight excluding hydrogens is 419 g/mol. The second-order valence-corrected chi connectivity index (χ2v) is 7.32. The van der Waals surface area contributed by atoms with Crippen molar-refractivity contribution in [2.24, 2.45) is 10.9 Å². The van der Waals surface area contributed by atoms with Gasteiger partial charge in [-0.15, -0.1) is 35.3 Å². The predicted molar refractivity (Wildman–Crippen MR) is 111 cm³/mol. The van der Waals surface area contributed by atoms with Crippen LogP contribution < -0.4 is 5.32 Å². The number of guanidine groups is 1. The van der Waals surface area contributed by atoms with Crippen molar-refractivity contribution in [1.29, 1.82) is 0 Å². The fourth-order valence-electron chi connectivity index (χ4n) is 2.95. The highest BCUT2D eigenvalue weighted by molar-refractivity contribution is 14.0. The normalized spacial score (nSPS) is 14.4. The van der Waals surface area contributed by atoms with Gasteiger partial charge in [0.1, 0.15) is 5.01 Å². The number of aliphatic imine (C=N–C) groups is 1. The molecule has 0 fully saturated rings. The van der Waals surface area contributed by atoms with E-state index < -0.39 is 0 Å². The number of fused-ring (bicyclic) bond motifs is 1. The van der Waals surface area contributed by atoms with E-state index in [1.165, 1.54) is 47.7 Å². The summed E-state index contributed by atoms with van der Waals surface area (Å²) >= 11 is 1.89. The van der Waals surface area contributed by atoms with Gasteiger partial charge < -0.3 is 10.2 Å². The molecule has 6 heteroatoms. The minimum absolute atomic E-state index is 0. The van der Waals surface area contributed by atoms with Crippen molar-refractivity contribution in [2.45, 2.75) is 58.9 Å². The van der Waals surface area contributed by atoms with Crippen LogP contribution >= 0.6 is 35.3 Å². The lowest BCUT2D eigenvalue weighted by Crippen LogP contribution is -2.40. The summed E-state index contributed by atoms with van der Waals surface area (Å²) in [4.78, 5) is 12.9. The topological polar surface area (TPSA) is 40.5 Å². The Kier molecular flexibility index (Phi) is 9.43. The number of nitrogens with zero attached hydrogens (tertiary/aromatic N) is 3. The highest BCUT2D eigenvalue weighted by atomic mass is 127. The van der Waals surface area contributed by atoms with Crippen LogP contribution in [-0.4, -0.2) is 36.5 Å². The Balaban J connectivity index is 0.00000264. The lowest BCUT2D eigenvalue weighted by Gasteiger charge is -2.23. The average Bonchev–Trinajstić information content (AvgIpc) is 2.93. The monoisotopic (exact) mass is 450 g/mol. The van der Waals surface area contributed by atoms with Gasteiger partial charge in [0.15, 0.2) is 5.96 Å². The number of aryl methyl sites for hydroxylation is 2. The quantitative estimate of drug-likeness (QED) is 0.403. The molecule has 4 nitrogen and oxygen atoms in total. The van der Waals surface area contributed by atoms with Crippen LogP contribution in [0.1, 0.15) is 55.1 Å². The molecule has 0 bridgehead atoms. The molecule has 1 N–H and O–H groups in total. The molecule has 1 aliphatic carbocycles. The Morgan fingerprint density at radius 1 is 1.30 bits per heavy atom. The fraction of sp³-hybridized carbons (Fsp3) is 0.765. The molecular formula is C17H31IN4S. The highest BCUT2D eigenvalue weighted by Crippen LogP contribution is 2.27. The number of aromatic nitrogens is 1. The van der Waals surface area contributed by atoms with E-state index in [9.17, 15) is 0 Å². The Morgan fingerprint density at radius 2 is 2.00 bits per heavy atom. The van der Waals surface area contributed by atoms with E-state index in [-0.39, 0.29) is 24.0 Å². The van der Waals surface area contributed by atoms with Gasteiger partial charge in [-0.3, -0.25) is 4.99 Å². The van der Waals surface area contributed by atoms with Gasteiger partial charge in [0.25, 0.3) is 0 Å². The Labute approximate surface area is 162 Å². The van der Waals surface area contributed by atoms with Gasteiger partial charge in [-0.25, -0.2) is 4.98 Å². The summed E-state index contributed by atoms with van der Waals surface area (Å²) in [6, 6.07) is 0. The third-order valence-corrected chi connectivity index (χ3v) is 5.68. The van der Waals surface area contributed by atoms with E-state index in [0.29, 0.717) is 0 Å². The van der Waals surface area contributed by atoms with E-state index in [1.54, 1.807) is 0 Å². The molecule has 1 heterocycles. The SMILES string of the molecule is CCC(CC)CNC(=NC)N(C)Cc1nc2c(s1)CCCC2.I. The van der Waals surface area contributed by atoms with Crippen LogP contribution in [0.25, 0.3) is 0 Å². The number of hydrogen-bond acceptors (Lipinski definition) is 3. The minimum atomic E-state index is 0. The predicted octanol–water partition coefficient (Wildman–Crippen LogP) is 4.08. The molecule has 0 aliphatic heterocycles. The first-order valence-corrected chi connectivity index (χ1v) is 9.38. The molecule has 1 aliphatic rings. The Hall–Kier alpha value is -0.370. The first-order valence-electron chi connectivity index (χ1n) is 8.57. The molecule has 0 saturated heterocycles. The van der Waals surface area contributed by atoms with Crippen molar-refractivity contribution in [2.75, 3.05) is 20.6 Å². The first-order chi connectivity index (χ1) is 10.7. The summed E-state index contributed by atoms with van der Waals surface area (Å²) < 4.78 is 0. The third-order valence-electron chi connectivity index (χ3n) is 4.54. The van der Waals surface area contributed by atoms with Crippen molar-refractivity contribution < 1.29 is 0 Å². The number of rotatable bonds is 6. The van der Waals surface area contributed by atoms with Gasteiger partial charge in [0, 0.05) is 25.5 Å². The van der Waals surface area contributed by atoms with Crippen LogP contribution in [0.2, 0.25) is 0 Å². The summed E-state index contributed by atoms with van der Waals surface area (Å²) in [5, 5.41) is 4.73. The van der Waals surface area contributed by atoms with E-state index in [0.717, 1.165) is 31.4 Å². The van der Waals surface area contributed by atoms with Crippen LogP contribution in [0.4, 0.5) is 0 Å².